The zero-order valence-electron chi connectivity index (χ0n) is 19.7. The Morgan fingerprint density at radius 1 is 0.941 bits per heavy atom. The standard InChI is InChI=1S/C28H28N2O4/c1-4-33-22-15-11-21(12-16-22)28-25-8-6-5-7-24(25)27(32)30(28)18-17-29(28)26(31)20-9-13-23(14-10-20)34-19(2)3/h5-16,19H,4,17-18H2,1-3H3. The van der Waals surface area contributed by atoms with Gasteiger partial charge in [0.25, 0.3) is 11.8 Å². The van der Waals surface area contributed by atoms with E-state index < -0.39 is 5.66 Å². The lowest BCUT2D eigenvalue weighted by Gasteiger charge is -2.40. The van der Waals surface area contributed by atoms with Crippen LogP contribution in [0.5, 0.6) is 11.5 Å². The van der Waals surface area contributed by atoms with Crippen molar-refractivity contribution in [3.8, 4) is 11.5 Å². The fraction of sp³-hybridized carbons (Fsp3) is 0.286. The number of ether oxygens (including phenoxy) is 2. The van der Waals surface area contributed by atoms with Crippen molar-refractivity contribution in [1.82, 2.24) is 9.80 Å². The molecule has 0 spiro atoms. The molecule has 2 aliphatic heterocycles. The summed E-state index contributed by atoms with van der Waals surface area (Å²) in [6, 6.07) is 22.5. The summed E-state index contributed by atoms with van der Waals surface area (Å²) in [5.74, 6) is 1.29. The first-order chi connectivity index (χ1) is 16.5. The SMILES string of the molecule is CCOc1ccc(C23c4ccccc4C(=O)N2CCN3C(=O)c2ccc(OC(C)C)cc2)cc1. The van der Waals surface area contributed by atoms with Crippen LogP contribution >= 0.6 is 0 Å². The van der Waals surface area contributed by atoms with Crippen LogP contribution < -0.4 is 9.47 Å². The molecule has 2 heterocycles. The molecule has 1 atom stereocenters. The number of rotatable bonds is 6. The van der Waals surface area contributed by atoms with E-state index in [0.717, 1.165) is 22.6 Å². The maximum absolute atomic E-state index is 13.9. The molecule has 3 aromatic rings. The molecule has 0 aromatic heterocycles. The van der Waals surface area contributed by atoms with Crippen LogP contribution in [0.1, 0.15) is 52.6 Å². The van der Waals surface area contributed by atoms with E-state index in [1.54, 1.807) is 12.1 Å². The van der Waals surface area contributed by atoms with Crippen molar-refractivity contribution in [3.05, 3.63) is 95.1 Å². The Bertz CT molecular complexity index is 1220. The summed E-state index contributed by atoms with van der Waals surface area (Å²) in [7, 11) is 0. The molecule has 1 fully saturated rings. The van der Waals surface area contributed by atoms with Gasteiger partial charge in [-0.15, -0.1) is 0 Å². The normalized spacial score (nSPS) is 18.8. The van der Waals surface area contributed by atoms with E-state index in [1.807, 2.05) is 91.2 Å². The number of amides is 2. The number of carbonyl (C=O) groups is 2. The first-order valence-electron chi connectivity index (χ1n) is 11.7. The van der Waals surface area contributed by atoms with Crippen molar-refractivity contribution in [1.29, 1.82) is 0 Å². The van der Waals surface area contributed by atoms with Gasteiger partial charge in [0.2, 0.25) is 0 Å². The van der Waals surface area contributed by atoms with Crippen molar-refractivity contribution in [2.24, 2.45) is 0 Å². The maximum Gasteiger partial charge on any atom is 0.256 e. The fourth-order valence-electron chi connectivity index (χ4n) is 5.10. The van der Waals surface area contributed by atoms with Gasteiger partial charge in [-0.1, -0.05) is 30.3 Å². The van der Waals surface area contributed by atoms with Gasteiger partial charge in [0, 0.05) is 35.3 Å². The number of carbonyl (C=O) groups excluding carboxylic acids is 2. The maximum atomic E-state index is 13.9. The molecule has 1 unspecified atom stereocenters. The lowest BCUT2D eigenvalue weighted by Crippen LogP contribution is -2.51. The lowest BCUT2D eigenvalue weighted by atomic mass is 9.89. The van der Waals surface area contributed by atoms with E-state index in [1.165, 1.54) is 0 Å². The number of fused-ring (bicyclic) bond motifs is 3. The molecule has 0 bridgehead atoms. The van der Waals surface area contributed by atoms with Crippen LogP contribution in [0.2, 0.25) is 0 Å². The fourth-order valence-corrected chi connectivity index (χ4v) is 5.10. The molecule has 34 heavy (non-hydrogen) atoms. The van der Waals surface area contributed by atoms with E-state index in [4.69, 9.17) is 9.47 Å². The summed E-state index contributed by atoms with van der Waals surface area (Å²) in [6.45, 7) is 7.34. The molecule has 0 saturated carbocycles. The molecule has 174 valence electrons. The van der Waals surface area contributed by atoms with Crippen LogP contribution in [-0.2, 0) is 5.66 Å². The molecule has 0 radical (unpaired) electrons. The van der Waals surface area contributed by atoms with Crippen molar-refractivity contribution < 1.29 is 19.1 Å². The minimum Gasteiger partial charge on any atom is -0.494 e. The van der Waals surface area contributed by atoms with Crippen molar-refractivity contribution in [2.45, 2.75) is 32.5 Å². The first kappa shape index (κ1) is 22.0. The number of benzene rings is 3. The Kier molecular flexibility index (Phi) is 5.52. The minimum absolute atomic E-state index is 0.0534. The Labute approximate surface area is 199 Å². The third-order valence-electron chi connectivity index (χ3n) is 6.39. The van der Waals surface area contributed by atoms with Crippen LogP contribution in [-0.4, -0.2) is 47.4 Å². The second kappa shape index (κ2) is 8.52. The summed E-state index contributed by atoms with van der Waals surface area (Å²) in [4.78, 5) is 31.0. The van der Waals surface area contributed by atoms with E-state index in [0.29, 0.717) is 30.8 Å². The van der Waals surface area contributed by atoms with Gasteiger partial charge >= 0.3 is 0 Å². The van der Waals surface area contributed by atoms with Gasteiger partial charge in [-0.25, -0.2) is 0 Å². The average molecular weight is 457 g/mol. The van der Waals surface area contributed by atoms with Gasteiger partial charge in [-0.2, -0.15) is 0 Å². The highest BCUT2D eigenvalue weighted by atomic mass is 16.5. The molecule has 6 heteroatoms. The molecule has 5 rings (SSSR count). The molecule has 2 aliphatic rings. The molecule has 3 aromatic carbocycles. The lowest BCUT2D eigenvalue weighted by molar-refractivity contribution is 0.0375. The summed E-state index contributed by atoms with van der Waals surface area (Å²) in [6.07, 6.45) is 0.0534. The average Bonchev–Trinajstić information content (AvgIpc) is 3.35. The zero-order chi connectivity index (χ0) is 23.9. The Hall–Kier alpha value is -3.80. The van der Waals surface area contributed by atoms with Gasteiger partial charge in [-0.3, -0.25) is 9.59 Å². The number of hydrogen-bond donors (Lipinski definition) is 0. The molecular weight excluding hydrogens is 428 g/mol. The second-order valence-corrected chi connectivity index (χ2v) is 8.78. The van der Waals surface area contributed by atoms with Gasteiger partial charge in [0.15, 0.2) is 5.66 Å². The summed E-state index contributed by atoms with van der Waals surface area (Å²) < 4.78 is 11.4. The monoisotopic (exact) mass is 456 g/mol. The van der Waals surface area contributed by atoms with E-state index in [2.05, 4.69) is 0 Å². The number of nitrogens with zero attached hydrogens (tertiary/aromatic N) is 2. The zero-order valence-corrected chi connectivity index (χ0v) is 19.7. The smallest absolute Gasteiger partial charge is 0.256 e. The first-order valence-corrected chi connectivity index (χ1v) is 11.7. The van der Waals surface area contributed by atoms with Crippen molar-refractivity contribution in [2.75, 3.05) is 19.7 Å². The van der Waals surface area contributed by atoms with Crippen LogP contribution in [0.25, 0.3) is 0 Å². The largest absolute Gasteiger partial charge is 0.494 e. The topological polar surface area (TPSA) is 59.1 Å². The molecule has 6 nitrogen and oxygen atoms in total. The van der Waals surface area contributed by atoms with Crippen LogP contribution in [0, 0.1) is 0 Å². The van der Waals surface area contributed by atoms with Gasteiger partial charge in [-0.05, 0) is 63.2 Å². The van der Waals surface area contributed by atoms with Gasteiger partial charge < -0.3 is 19.3 Å². The quantitative estimate of drug-likeness (QED) is 0.540. The highest BCUT2D eigenvalue weighted by Gasteiger charge is 2.59. The second-order valence-electron chi connectivity index (χ2n) is 8.78. The molecule has 2 amide bonds. The number of hydrogen-bond acceptors (Lipinski definition) is 4. The molecular formula is C28H28N2O4. The van der Waals surface area contributed by atoms with Crippen LogP contribution in [0.3, 0.4) is 0 Å². The summed E-state index contributed by atoms with van der Waals surface area (Å²) in [5, 5.41) is 0. The van der Waals surface area contributed by atoms with Crippen LogP contribution in [0.15, 0.2) is 72.8 Å². The Balaban J connectivity index is 1.61. The predicted molar refractivity (Wildman–Crippen MR) is 129 cm³/mol. The third kappa shape index (κ3) is 3.33. The predicted octanol–water partition coefficient (Wildman–Crippen LogP) is 4.69. The van der Waals surface area contributed by atoms with E-state index >= 15 is 0 Å². The highest BCUT2D eigenvalue weighted by molar-refractivity contribution is 6.03. The summed E-state index contributed by atoms with van der Waals surface area (Å²) in [5.41, 5.74) is 1.88. The van der Waals surface area contributed by atoms with Crippen molar-refractivity contribution in [3.63, 3.8) is 0 Å². The van der Waals surface area contributed by atoms with E-state index in [-0.39, 0.29) is 17.9 Å². The Morgan fingerprint density at radius 2 is 1.62 bits per heavy atom. The third-order valence-corrected chi connectivity index (χ3v) is 6.39. The molecule has 0 aliphatic carbocycles. The molecule has 1 saturated heterocycles. The van der Waals surface area contributed by atoms with Crippen LogP contribution in [0.4, 0.5) is 0 Å². The van der Waals surface area contributed by atoms with Crippen molar-refractivity contribution >= 4 is 11.8 Å². The minimum atomic E-state index is -0.997. The molecule has 0 N–H and O–H groups in total. The van der Waals surface area contributed by atoms with E-state index in [9.17, 15) is 9.59 Å². The van der Waals surface area contributed by atoms with Gasteiger partial charge in [0.1, 0.15) is 11.5 Å². The highest BCUT2D eigenvalue weighted by Crippen LogP contribution is 2.50. The Morgan fingerprint density at radius 3 is 2.29 bits per heavy atom. The summed E-state index contributed by atoms with van der Waals surface area (Å²) >= 11 is 0. The van der Waals surface area contributed by atoms with Gasteiger partial charge in [0.05, 0.1) is 12.7 Å².